The fourth-order valence-electron chi connectivity index (χ4n) is 3.27. The van der Waals surface area contributed by atoms with E-state index in [1.165, 1.54) is 6.08 Å². The van der Waals surface area contributed by atoms with Crippen LogP contribution in [0.5, 0.6) is 5.75 Å². The van der Waals surface area contributed by atoms with E-state index in [4.69, 9.17) is 14.2 Å². The molecule has 1 atom stereocenters. The molecule has 1 aromatic carbocycles. The molecule has 1 saturated heterocycles. The molecule has 1 aliphatic rings. The van der Waals surface area contributed by atoms with Crippen LogP contribution in [-0.4, -0.2) is 54.8 Å². The SMILES string of the molecule is CC(C)CN1CCOC(COC(=O)C=Cc2ccc(OCc3ccccn3)cc2)C1. The van der Waals surface area contributed by atoms with Crippen molar-refractivity contribution in [3.63, 3.8) is 0 Å². The van der Waals surface area contributed by atoms with Crippen molar-refractivity contribution in [3.8, 4) is 5.75 Å². The number of hydrogen-bond donors (Lipinski definition) is 0. The molecule has 0 amide bonds. The Kier molecular flexibility index (Phi) is 8.41. The second kappa shape index (κ2) is 11.5. The van der Waals surface area contributed by atoms with E-state index in [9.17, 15) is 4.79 Å². The number of carbonyl (C=O) groups is 1. The highest BCUT2D eigenvalue weighted by atomic mass is 16.6. The Labute approximate surface area is 178 Å². The fourth-order valence-corrected chi connectivity index (χ4v) is 3.27. The molecule has 30 heavy (non-hydrogen) atoms. The summed E-state index contributed by atoms with van der Waals surface area (Å²) in [5.41, 5.74) is 1.77. The van der Waals surface area contributed by atoms with Gasteiger partial charge in [0, 0.05) is 31.9 Å². The summed E-state index contributed by atoms with van der Waals surface area (Å²) in [7, 11) is 0. The van der Waals surface area contributed by atoms with Crippen LogP contribution in [0.3, 0.4) is 0 Å². The summed E-state index contributed by atoms with van der Waals surface area (Å²) in [6, 6.07) is 13.3. The first-order valence-corrected chi connectivity index (χ1v) is 10.4. The topological polar surface area (TPSA) is 60.9 Å². The van der Waals surface area contributed by atoms with Gasteiger partial charge in [-0.15, -0.1) is 0 Å². The zero-order valence-corrected chi connectivity index (χ0v) is 17.7. The second-order valence-corrected chi connectivity index (χ2v) is 7.79. The normalized spacial score (nSPS) is 17.4. The van der Waals surface area contributed by atoms with Gasteiger partial charge in [0.1, 0.15) is 25.1 Å². The van der Waals surface area contributed by atoms with Gasteiger partial charge in [0.05, 0.1) is 12.3 Å². The van der Waals surface area contributed by atoms with Gasteiger partial charge in [0.25, 0.3) is 0 Å². The molecular weight excluding hydrogens is 380 g/mol. The fraction of sp³-hybridized carbons (Fsp3) is 0.417. The molecule has 1 unspecified atom stereocenters. The third-order valence-corrected chi connectivity index (χ3v) is 4.66. The van der Waals surface area contributed by atoms with Gasteiger partial charge >= 0.3 is 5.97 Å². The molecule has 0 radical (unpaired) electrons. The number of esters is 1. The van der Waals surface area contributed by atoms with Crippen LogP contribution in [0, 0.1) is 5.92 Å². The molecule has 2 heterocycles. The van der Waals surface area contributed by atoms with Gasteiger partial charge in [-0.25, -0.2) is 4.79 Å². The quantitative estimate of drug-likeness (QED) is 0.465. The largest absolute Gasteiger partial charge is 0.487 e. The molecule has 6 heteroatoms. The molecule has 0 saturated carbocycles. The maximum atomic E-state index is 12.0. The number of ether oxygens (including phenoxy) is 3. The number of benzene rings is 1. The first kappa shape index (κ1) is 22.0. The van der Waals surface area contributed by atoms with E-state index in [1.807, 2.05) is 42.5 Å². The molecule has 0 N–H and O–H groups in total. The Morgan fingerprint density at radius 3 is 2.83 bits per heavy atom. The molecule has 0 aliphatic carbocycles. The van der Waals surface area contributed by atoms with E-state index in [2.05, 4.69) is 23.7 Å². The van der Waals surface area contributed by atoms with Crippen LogP contribution in [0.15, 0.2) is 54.7 Å². The number of rotatable bonds is 9. The van der Waals surface area contributed by atoms with Crippen LogP contribution in [-0.2, 0) is 20.9 Å². The predicted molar refractivity (Wildman–Crippen MR) is 116 cm³/mol. The highest BCUT2D eigenvalue weighted by molar-refractivity contribution is 5.87. The Morgan fingerprint density at radius 1 is 1.27 bits per heavy atom. The van der Waals surface area contributed by atoms with E-state index >= 15 is 0 Å². The lowest BCUT2D eigenvalue weighted by Crippen LogP contribution is -2.45. The summed E-state index contributed by atoms with van der Waals surface area (Å²) >= 11 is 0. The van der Waals surface area contributed by atoms with Crippen LogP contribution in [0.1, 0.15) is 25.1 Å². The van der Waals surface area contributed by atoms with Crippen molar-refractivity contribution in [2.45, 2.75) is 26.6 Å². The average Bonchev–Trinajstić information content (AvgIpc) is 2.76. The lowest BCUT2D eigenvalue weighted by Gasteiger charge is -2.33. The molecule has 1 fully saturated rings. The summed E-state index contributed by atoms with van der Waals surface area (Å²) < 4.78 is 16.8. The Hall–Kier alpha value is -2.70. The van der Waals surface area contributed by atoms with Crippen LogP contribution >= 0.6 is 0 Å². The molecule has 0 bridgehead atoms. The summed E-state index contributed by atoms with van der Waals surface area (Å²) in [6.07, 6.45) is 4.86. The minimum atomic E-state index is -0.366. The molecule has 0 spiro atoms. The minimum absolute atomic E-state index is 0.0645. The highest BCUT2D eigenvalue weighted by Gasteiger charge is 2.21. The molecule has 160 valence electrons. The minimum Gasteiger partial charge on any atom is -0.487 e. The number of aromatic nitrogens is 1. The Morgan fingerprint density at radius 2 is 2.10 bits per heavy atom. The molecule has 2 aromatic rings. The zero-order chi connectivity index (χ0) is 21.2. The van der Waals surface area contributed by atoms with Gasteiger partial charge in [0.15, 0.2) is 0 Å². The lowest BCUT2D eigenvalue weighted by atomic mass is 10.2. The third kappa shape index (κ3) is 7.61. The van der Waals surface area contributed by atoms with Crippen LogP contribution in [0.25, 0.3) is 6.08 Å². The van der Waals surface area contributed by atoms with Crippen molar-refractivity contribution in [2.75, 3.05) is 32.8 Å². The molecule has 1 aliphatic heterocycles. The monoisotopic (exact) mass is 410 g/mol. The first-order chi connectivity index (χ1) is 14.6. The van der Waals surface area contributed by atoms with Gasteiger partial charge in [-0.05, 0) is 41.8 Å². The number of pyridine rings is 1. The summed E-state index contributed by atoms with van der Waals surface area (Å²) in [4.78, 5) is 18.6. The summed E-state index contributed by atoms with van der Waals surface area (Å²) in [6.45, 7) is 8.55. The maximum Gasteiger partial charge on any atom is 0.330 e. The highest BCUT2D eigenvalue weighted by Crippen LogP contribution is 2.15. The van der Waals surface area contributed by atoms with E-state index < -0.39 is 0 Å². The van der Waals surface area contributed by atoms with E-state index in [-0.39, 0.29) is 18.7 Å². The number of morpholine rings is 1. The third-order valence-electron chi connectivity index (χ3n) is 4.66. The smallest absolute Gasteiger partial charge is 0.330 e. The van der Waals surface area contributed by atoms with Gasteiger partial charge in [-0.2, -0.15) is 0 Å². The van der Waals surface area contributed by atoms with Crippen molar-refractivity contribution >= 4 is 12.0 Å². The second-order valence-electron chi connectivity index (χ2n) is 7.79. The van der Waals surface area contributed by atoms with Gasteiger partial charge in [-0.1, -0.05) is 32.0 Å². The van der Waals surface area contributed by atoms with Gasteiger partial charge < -0.3 is 14.2 Å². The van der Waals surface area contributed by atoms with Crippen molar-refractivity contribution in [3.05, 3.63) is 66.0 Å². The molecular formula is C24H30N2O4. The first-order valence-electron chi connectivity index (χ1n) is 10.4. The zero-order valence-electron chi connectivity index (χ0n) is 17.7. The predicted octanol–water partition coefficient (Wildman–Crippen LogP) is 3.57. The average molecular weight is 411 g/mol. The van der Waals surface area contributed by atoms with Crippen LogP contribution in [0.2, 0.25) is 0 Å². The van der Waals surface area contributed by atoms with Crippen molar-refractivity contribution in [1.29, 1.82) is 0 Å². The standard InChI is InChI=1S/C24H30N2O4/c1-19(2)15-26-13-14-28-23(16-26)18-30-24(27)11-8-20-6-9-22(10-7-20)29-17-21-5-3-4-12-25-21/h3-12,19,23H,13-18H2,1-2H3. The van der Waals surface area contributed by atoms with E-state index in [0.29, 0.717) is 19.1 Å². The van der Waals surface area contributed by atoms with Gasteiger partial charge in [-0.3, -0.25) is 9.88 Å². The number of carbonyl (C=O) groups excluding carboxylic acids is 1. The van der Waals surface area contributed by atoms with Crippen molar-refractivity contribution in [1.82, 2.24) is 9.88 Å². The lowest BCUT2D eigenvalue weighted by molar-refractivity contribution is -0.144. The summed E-state index contributed by atoms with van der Waals surface area (Å²) in [5.74, 6) is 0.997. The summed E-state index contributed by atoms with van der Waals surface area (Å²) in [5, 5.41) is 0. The number of hydrogen-bond acceptors (Lipinski definition) is 6. The Bertz CT molecular complexity index is 806. The molecule has 3 rings (SSSR count). The van der Waals surface area contributed by atoms with Crippen LogP contribution < -0.4 is 4.74 Å². The van der Waals surface area contributed by atoms with E-state index in [0.717, 1.165) is 36.6 Å². The van der Waals surface area contributed by atoms with Crippen molar-refractivity contribution in [2.24, 2.45) is 5.92 Å². The molecule has 1 aromatic heterocycles. The van der Waals surface area contributed by atoms with Gasteiger partial charge in [0.2, 0.25) is 0 Å². The van der Waals surface area contributed by atoms with Crippen molar-refractivity contribution < 1.29 is 19.0 Å². The van der Waals surface area contributed by atoms with E-state index in [1.54, 1.807) is 12.3 Å². The number of nitrogens with zero attached hydrogens (tertiary/aromatic N) is 2. The van der Waals surface area contributed by atoms with Crippen LogP contribution in [0.4, 0.5) is 0 Å². The maximum absolute atomic E-state index is 12.0. The Balaban J connectivity index is 1.40. The molecule has 6 nitrogen and oxygen atoms in total.